The molecule has 0 spiro atoms. The van der Waals surface area contributed by atoms with Gasteiger partial charge in [-0.1, -0.05) is 38.7 Å². The van der Waals surface area contributed by atoms with Crippen LogP contribution in [0.2, 0.25) is 0 Å². The normalized spacial score (nSPS) is 15.8. The Balaban J connectivity index is 1.81. The van der Waals surface area contributed by atoms with Crippen LogP contribution in [0.5, 0.6) is 11.5 Å². The number of ether oxygens (including phenoxy) is 2. The lowest BCUT2D eigenvalue weighted by Crippen LogP contribution is -2.35. The minimum atomic E-state index is -0.664. The van der Waals surface area contributed by atoms with Crippen LogP contribution in [-0.2, 0) is 11.3 Å². The molecule has 5 nitrogen and oxygen atoms in total. The van der Waals surface area contributed by atoms with Crippen LogP contribution in [0.15, 0.2) is 18.2 Å². The summed E-state index contributed by atoms with van der Waals surface area (Å²) in [6.07, 6.45) is 7.56. The first-order valence-electron chi connectivity index (χ1n) is 9.89. The predicted octanol–water partition coefficient (Wildman–Crippen LogP) is 4.34. The molecule has 1 N–H and O–H groups in total. The van der Waals surface area contributed by atoms with Gasteiger partial charge in [-0.3, -0.25) is 9.69 Å². The SMILES string of the molecule is CCCCCCCOc1ccc(CN2CCC(C(=O)O)CC2)cc1OC. The second kappa shape index (κ2) is 11.1. The third kappa shape index (κ3) is 6.52. The van der Waals surface area contributed by atoms with Crippen LogP contribution in [0, 0.1) is 5.92 Å². The van der Waals surface area contributed by atoms with E-state index in [-0.39, 0.29) is 5.92 Å². The van der Waals surface area contributed by atoms with Crippen LogP contribution in [0.1, 0.15) is 57.4 Å². The van der Waals surface area contributed by atoms with Gasteiger partial charge in [0.15, 0.2) is 11.5 Å². The molecule has 1 fully saturated rings. The highest BCUT2D eigenvalue weighted by Crippen LogP contribution is 2.29. The number of carbonyl (C=O) groups is 1. The van der Waals surface area contributed by atoms with Gasteiger partial charge in [0.25, 0.3) is 0 Å². The summed E-state index contributed by atoms with van der Waals surface area (Å²) in [7, 11) is 1.67. The van der Waals surface area contributed by atoms with Gasteiger partial charge in [-0.25, -0.2) is 0 Å². The molecule has 1 saturated heterocycles. The second-order valence-corrected chi connectivity index (χ2v) is 7.14. The minimum Gasteiger partial charge on any atom is -0.493 e. The quantitative estimate of drug-likeness (QED) is 0.593. The predicted molar refractivity (Wildman–Crippen MR) is 103 cm³/mol. The standard InChI is InChI=1S/C21H33NO4/c1-3-4-5-6-7-14-26-19-9-8-17(15-20(19)25-2)16-22-12-10-18(11-13-22)21(23)24/h8-9,15,18H,3-7,10-14,16H2,1-2H3,(H,23,24). The number of carboxylic acids is 1. The van der Waals surface area contributed by atoms with Gasteiger partial charge in [0, 0.05) is 6.54 Å². The van der Waals surface area contributed by atoms with E-state index in [0.717, 1.165) is 57.0 Å². The van der Waals surface area contributed by atoms with Gasteiger partial charge in [-0.15, -0.1) is 0 Å². The molecule has 2 rings (SSSR count). The molecule has 0 amide bonds. The summed E-state index contributed by atoms with van der Waals surface area (Å²) >= 11 is 0. The number of hydrogen-bond donors (Lipinski definition) is 1. The molecule has 1 aliphatic rings. The Morgan fingerprint density at radius 2 is 1.88 bits per heavy atom. The first kappa shape index (κ1) is 20.6. The number of rotatable bonds is 11. The number of likely N-dealkylation sites (tertiary alicyclic amines) is 1. The maximum Gasteiger partial charge on any atom is 0.306 e. The molecule has 1 heterocycles. The van der Waals surface area contributed by atoms with Crippen molar-refractivity contribution in [2.24, 2.45) is 5.92 Å². The molecular formula is C21H33NO4. The summed E-state index contributed by atoms with van der Waals surface area (Å²) < 4.78 is 11.4. The fourth-order valence-corrected chi connectivity index (χ4v) is 3.41. The summed E-state index contributed by atoms with van der Waals surface area (Å²) in [6, 6.07) is 6.11. The lowest BCUT2D eigenvalue weighted by atomic mass is 9.97. The minimum absolute atomic E-state index is 0.186. The number of aliphatic carboxylic acids is 1. The summed E-state index contributed by atoms with van der Waals surface area (Å²) in [6.45, 7) is 5.42. The zero-order valence-corrected chi connectivity index (χ0v) is 16.2. The summed E-state index contributed by atoms with van der Waals surface area (Å²) in [4.78, 5) is 13.4. The summed E-state index contributed by atoms with van der Waals surface area (Å²) in [5.41, 5.74) is 1.17. The number of benzene rings is 1. The van der Waals surface area contributed by atoms with E-state index in [2.05, 4.69) is 17.9 Å². The molecule has 0 bridgehead atoms. The Bertz CT molecular complexity index is 553. The molecule has 5 heteroatoms. The Morgan fingerprint density at radius 1 is 1.15 bits per heavy atom. The van der Waals surface area contributed by atoms with Crippen molar-refractivity contribution in [2.75, 3.05) is 26.8 Å². The fourth-order valence-electron chi connectivity index (χ4n) is 3.41. The lowest BCUT2D eigenvalue weighted by molar-refractivity contribution is -0.143. The van der Waals surface area contributed by atoms with Crippen molar-refractivity contribution in [1.82, 2.24) is 4.90 Å². The highest BCUT2D eigenvalue weighted by molar-refractivity contribution is 5.70. The monoisotopic (exact) mass is 363 g/mol. The van der Waals surface area contributed by atoms with Crippen molar-refractivity contribution in [1.29, 1.82) is 0 Å². The highest BCUT2D eigenvalue weighted by Gasteiger charge is 2.24. The average Bonchev–Trinajstić information content (AvgIpc) is 2.65. The van der Waals surface area contributed by atoms with Gasteiger partial charge >= 0.3 is 5.97 Å². The van der Waals surface area contributed by atoms with E-state index in [0.29, 0.717) is 0 Å². The van der Waals surface area contributed by atoms with E-state index in [4.69, 9.17) is 14.6 Å². The molecule has 1 aromatic rings. The van der Waals surface area contributed by atoms with Gasteiger partial charge in [-0.05, 0) is 50.0 Å². The molecule has 26 heavy (non-hydrogen) atoms. The van der Waals surface area contributed by atoms with Gasteiger partial charge < -0.3 is 14.6 Å². The van der Waals surface area contributed by atoms with Gasteiger partial charge in [-0.2, -0.15) is 0 Å². The van der Waals surface area contributed by atoms with E-state index in [1.54, 1.807) is 7.11 Å². The Kier molecular flexibility index (Phi) is 8.75. The molecule has 146 valence electrons. The summed E-state index contributed by atoms with van der Waals surface area (Å²) in [5, 5.41) is 9.10. The van der Waals surface area contributed by atoms with Crippen molar-refractivity contribution in [3.8, 4) is 11.5 Å². The summed E-state index contributed by atoms with van der Waals surface area (Å²) in [5.74, 6) is 0.726. The maximum atomic E-state index is 11.1. The lowest BCUT2D eigenvalue weighted by Gasteiger charge is -2.30. The van der Waals surface area contributed by atoms with Gasteiger partial charge in [0.2, 0.25) is 0 Å². The molecule has 1 aromatic carbocycles. The van der Waals surface area contributed by atoms with Crippen LogP contribution in [0.25, 0.3) is 0 Å². The van der Waals surface area contributed by atoms with Crippen molar-refractivity contribution in [3.05, 3.63) is 23.8 Å². The maximum absolute atomic E-state index is 11.1. The Labute approximate surface area is 157 Å². The van der Waals surface area contributed by atoms with Gasteiger partial charge in [0.1, 0.15) is 0 Å². The number of methoxy groups -OCH3 is 1. The average molecular weight is 363 g/mol. The van der Waals surface area contributed by atoms with Crippen LogP contribution < -0.4 is 9.47 Å². The number of piperidine rings is 1. The van der Waals surface area contributed by atoms with Crippen LogP contribution in [0.3, 0.4) is 0 Å². The first-order chi connectivity index (χ1) is 12.6. The van der Waals surface area contributed by atoms with E-state index < -0.39 is 5.97 Å². The molecule has 0 aromatic heterocycles. The fraction of sp³-hybridized carbons (Fsp3) is 0.667. The van der Waals surface area contributed by atoms with Crippen molar-refractivity contribution >= 4 is 5.97 Å². The molecule has 0 radical (unpaired) electrons. The largest absolute Gasteiger partial charge is 0.493 e. The Morgan fingerprint density at radius 3 is 2.54 bits per heavy atom. The zero-order valence-electron chi connectivity index (χ0n) is 16.2. The van der Waals surface area contributed by atoms with Crippen LogP contribution in [0.4, 0.5) is 0 Å². The van der Waals surface area contributed by atoms with E-state index >= 15 is 0 Å². The smallest absolute Gasteiger partial charge is 0.306 e. The van der Waals surface area contributed by atoms with Crippen molar-refractivity contribution < 1.29 is 19.4 Å². The van der Waals surface area contributed by atoms with E-state index in [1.807, 2.05) is 12.1 Å². The van der Waals surface area contributed by atoms with Gasteiger partial charge in [0.05, 0.1) is 19.6 Å². The molecule has 0 aliphatic carbocycles. The molecular weight excluding hydrogens is 330 g/mol. The Hall–Kier alpha value is -1.75. The highest BCUT2D eigenvalue weighted by atomic mass is 16.5. The molecule has 0 saturated carbocycles. The molecule has 0 atom stereocenters. The van der Waals surface area contributed by atoms with Crippen LogP contribution >= 0.6 is 0 Å². The van der Waals surface area contributed by atoms with Crippen LogP contribution in [-0.4, -0.2) is 42.8 Å². The first-order valence-corrected chi connectivity index (χ1v) is 9.89. The van der Waals surface area contributed by atoms with Crippen molar-refractivity contribution in [2.45, 2.75) is 58.4 Å². The number of unbranched alkanes of at least 4 members (excludes halogenated alkanes) is 4. The number of nitrogens with zero attached hydrogens (tertiary/aromatic N) is 1. The molecule has 1 aliphatic heterocycles. The second-order valence-electron chi connectivity index (χ2n) is 7.14. The molecule has 0 unspecified atom stereocenters. The third-order valence-corrected chi connectivity index (χ3v) is 5.08. The number of hydrogen-bond acceptors (Lipinski definition) is 4. The zero-order chi connectivity index (χ0) is 18.8. The third-order valence-electron chi connectivity index (χ3n) is 5.08. The number of carboxylic acid groups (broad SMARTS) is 1. The topological polar surface area (TPSA) is 59.0 Å². The van der Waals surface area contributed by atoms with E-state index in [9.17, 15) is 4.79 Å². The van der Waals surface area contributed by atoms with Crippen molar-refractivity contribution in [3.63, 3.8) is 0 Å². The van der Waals surface area contributed by atoms with E-state index in [1.165, 1.54) is 31.2 Å².